The summed E-state index contributed by atoms with van der Waals surface area (Å²) in [5.74, 6) is -0.0352. The van der Waals surface area contributed by atoms with E-state index in [-0.39, 0.29) is 11.8 Å². The third-order valence-electron chi connectivity index (χ3n) is 3.33. The van der Waals surface area contributed by atoms with Gasteiger partial charge in [0.25, 0.3) is 11.8 Å². The Hall–Kier alpha value is -2.60. The molecule has 2 amide bonds. The van der Waals surface area contributed by atoms with Crippen molar-refractivity contribution in [2.75, 3.05) is 11.9 Å². The summed E-state index contributed by atoms with van der Waals surface area (Å²) >= 11 is 3.35. The summed E-state index contributed by atoms with van der Waals surface area (Å²) in [6.07, 6.45) is 0.873. The second-order valence-corrected chi connectivity index (χ2v) is 6.16. The first-order valence-electron chi connectivity index (χ1n) is 7.72. The Kier molecular flexibility index (Phi) is 6.77. The zero-order valence-corrected chi connectivity index (χ0v) is 15.4. The maximum atomic E-state index is 12.4. The summed E-state index contributed by atoms with van der Waals surface area (Å²) in [4.78, 5) is 24.5. The Labute approximate surface area is 155 Å². The van der Waals surface area contributed by atoms with E-state index in [1.165, 1.54) is 0 Å². The molecule has 2 N–H and O–H groups in total. The number of carbonyl (C=O) groups is 2. The van der Waals surface area contributed by atoms with E-state index in [2.05, 4.69) is 33.1 Å². The topological polar surface area (TPSA) is 67.4 Å². The molecule has 0 radical (unpaired) electrons. The SMILES string of the molecule is C=CCNC(=O)c1ccccc1NC(=O)[C@@H](C)Oc1ccc(Br)cc1. The number of carbonyl (C=O) groups excluding carboxylic acids is 2. The number of benzene rings is 2. The van der Waals surface area contributed by atoms with Crippen LogP contribution in [0.15, 0.2) is 65.7 Å². The smallest absolute Gasteiger partial charge is 0.265 e. The van der Waals surface area contributed by atoms with Gasteiger partial charge in [-0.25, -0.2) is 0 Å². The van der Waals surface area contributed by atoms with E-state index in [1.54, 1.807) is 49.4 Å². The molecule has 0 saturated heterocycles. The van der Waals surface area contributed by atoms with Gasteiger partial charge in [0.1, 0.15) is 5.75 Å². The molecule has 2 aromatic rings. The summed E-state index contributed by atoms with van der Waals surface area (Å²) in [5, 5.41) is 5.43. The molecule has 5 nitrogen and oxygen atoms in total. The van der Waals surface area contributed by atoms with Crippen molar-refractivity contribution in [3.8, 4) is 5.75 Å². The predicted octanol–water partition coefficient (Wildman–Crippen LogP) is 3.77. The van der Waals surface area contributed by atoms with Crippen LogP contribution in [-0.4, -0.2) is 24.5 Å². The summed E-state index contributed by atoms with van der Waals surface area (Å²) < 4.78 is 6.55. The Morgan fingerprint density at radius 2 is 1.88 bits per heavy atom. The molecule has 0 aromatic heterocycles. The number of nitrogens with one attached hydrogen (secondary N) is 2. The number of ether oxygens (including phenoxy) is 1. The summed E-state index contributed by atoms with van der Waals surface area (Å²) in [7, 11) is 0. The van der Waals surface area contributed by atoms with Gasteiger partial charge in [-0.2, -0.15) is 0 Å². The van der Waals surface area contributed by atoms with Crippen LogP contribution >= 0.6 is 15.9 Å². The first-order chi connectivity index (χ1) is 12.0. The van der Waals surface area contributed by atoms with Gasteiger partial charge in [-0.3, -0.25) is 9.59 Å². The zero-order chi connectivity index (χ0) is 18.2. The lowest BCUT2D eigenvalue weighted by molar-refractivity contribution is -0.122. The van der Waals surface area contributed by atoms with Crippen LogP contribution in [0.5, 0.6) is 5.75 Å². The van der Waals surface area contributed by atoms with E-state index < -0.39 is 6.10 Å². The second-order valence-electron chi connectivity index (χ2n) is 5.25. The molecule has 130 valence electrons. The Bertz CT molecular complexity index is 760. The molecule has 0 spiro atoms. The summed E-state index contributed by atoms with van der Waals surface area (Å²) in [5.41, 5.74) is 0.814. The molecule has 0 heterocycles. The van der Waals surface area contributed by atoms with Gasteiger partial charge in [-0.05, 0) is 43.3 Å². The monoisotopic (exact) mass is 402 g/mol. The standard InChI is InChI=1S/C19H19BrN2O3/c1-3-12-21-19(24)16-6-4-5-7-17(16)22-18(23)13(2)25-15-10-8-14(20)9-11-15/h3-11,13H,1,12H2,2H3,(H,21,24)(H,22,23)/t13-/m1/s1. The van der Waals surface area contributed by atoms with Gasteiger partial charge in [0.2, 0.25) is 0 Å². The van der Waals surface area contributed by atoms with Crippen LogP contribution in [-0.2, 0) is 4.79 Å². The lowest BCUT2D eigenvalue weighted by Gasteiger charge is -2.16. The van der Waals surface area contributed by atoms with Gasteiger partial charge in [-0.15, -0.1) is 6.58 Å². The van der Waals surface area contributed by atoms with Gasteiger partial charge in [0.15, 0.2) is 6.10 Å². The third-order valence-corrected chi connectivity index (χ3v) is 3.86. The molecule has 25 heavy (non-hydrogen) atoms. The number of halogens is 1. The zero-order valence-electron chi connectivity index (χ0n) is 13.8. The molecular formula is C19H19BrN2O3. The van der Waals surface area contributed by atoms with Crippen LogP contribution in [0.4, 0.5) is 5.69 Å². The number of hydrogen-bond acceptors (Lipinski definition) is 3. The van der Waals surface area contributed by atoms with Crippen LogP contribution in [0, 0.1) is 0 Å². The summed E-state index contributed by atoms with van der Waals surface area (Å²) in [6, 6.07) is 14.0. The Balaban J connectivity index is 2.05. The molecule has 0 fully saturated rings. The van der Waals surface area contributed by atoms with E-state index in [1.807, 2.05) is 12.1 Å². The van der Waals surface area contributed by atoms with Crippen molar-refractivity contribution in [1.29, 1.82) is 0 Å². The molecule has 0 bridgehead atoms. The fraction of sp³-hybridized carbons (Fsp3) is 0.158. The van der Waals surface area contributed by atoms with Gasteiger partial charge >= 0.3 is 0 Å². The normalized spacial score (nSPS) is 11.3. The van der Waals surface area contributed by atoms with Crippen molar-refractivity contribution in [3.05, 3.63) is 71.2 Å². The van der Waals surface area contributed by atoms with Crippen LogP contribution in [0.25, 0.3) is 0 Å². The van der Waals surface area contributed by atoms with E-state index >= 15 is 0 Å². The quantitative estimate of drug-likeness (QED) is 0.692. The van der Waals surface area contributed by atoms with E-state index in [0.717, 1.165) is 4.47 Å². The molecule has 2 aromatic carbocycles. The highest BCUT2D eigenvalue weighted by atomic mass is 79.9. The highest BCUT2D eigenvalue weighted by Gasteiger charge is 2.18. The van der Waals surface area contributed by atoms with Gasteiger partial charge in [-0.1, -0.05) is 34.1 Å². The highest BCUT2D eigenvalue weighted by molar-refractivity contribution is 9.10. The minimum atomic E-state index is -0.717. The largest absolute Gasteiger partial charge is 0.481 e. The Morgan fingerprint density at radius 1 is 1.20 bits per heavy atom. The Morgan fingerprint density at radius 3 is 2.56 bits per heavy atom. The molecule has 0 saturated carbocycles. The van der Waals surface area contributed by atoms with Crippen molar-refractivity contribution in [2.24, 2.45) is 0 Å². The van der Waals surface area contributed by atoms with Crippen molar-refractivity contribution >= 4 is 33.4 Å². The average molecular weight is 403 g/mol. The van der Waals surface area contributed by atoms with Crippen LogP contribution in [0.2, 0.25) is 0 Å². The van der Waals surface area contributed by atoms with Crippen molar-refractivity contribution in [3.63, 3.8) is 0 Å². The number of amides is 2. The van der Waals surface area contributed by atoms with Crippen LogP contribution < -0.4 is 15.4 Å². The lowest BCUT2D eigenvalue weighted by atomic mass is 10.1. The number of hydrogen-bond donors (Lipinski definition) is 2. The molecule has 0 aliphatic heterocycles. The van der Waals surface area contributed by atoms with Crippen molar-refractivity contribution in [1.82, 2.24) is 5.32 Å². The molecular weight excluding hydrogens is 384 g/mol. The third kappa shape index (κ3) is 5.46. The number of anilines is 1. The van der Waals surface area contributed by atoms with Crippen LogP contribution in [0.3, 0.4) is 0 Å². The molecule has 2 rings (SSSR count). The maximum Gasteiger partial charge on any atom is 0.265 e. The van der Waals surface area contributed by atoms with Gasteiger partial charge < -0.3 is 15.4 Å². The first-order valence-corrected chi connectivity index (χ1v) is 8.51. The molecule has 0 aliphatic carbocycles. The van der Waals surface area contributed by atoms with Crippen molar-refractivity contribution in [2.45, 2.75) is 13.0 Å². The average Bonchev–Trinajstić information content (AvgIpc) is 2.62. The maximum absolute atomic E-state index is 12.4. The summed E-state index contributed by atoms with van der Waals surface area (Å²) in [6.45, 7) is 5.56. The number of para-hydroxylation sites is 1. The minimum Gasteiger partial charge on any atom is -0.481 e. The predicted molar refractivity (Wildman–Crippen MR) is 102 cm³/mol. The van der Waals surface area contributed by atoms with E-state index in [4.69, 9.17) is 4.74 Å². The minimum absolute atomic E-state index is 0.280. The molecule has 6 heteroatoms. The fourth-order valence-electron chi connectivity index (χ4n) is 2.06. The molecule has 1 atom stereocenters. The van der Waals surface area contributed by atoms with E-state index in [0.29, 0.717) is 23.5 Å². The van der Waals surface area contributed by atoms with Gasteiger partial charge in [0, 0.05) is 11.0 Å². The first kappa shape index (κ1) is 18.7. The lowest BCUT2D eigenvalue weighted by Crippen LogP contribution is -2.31. The van der Waals surface area contributed by atoms with Gasteiger partial charge in [0.05, 0.1) is 11.3 Å². The van der Waals surface area contributed by atoms with E-state index in [9.17, 15) is 9.59 Å². The molecule has 0 unspecified atom stereocenters. The van der Waals surface area contributed by atoms with Crippen LogP contribution in [0.1, 0.15) is 17.3 Å². The fourth-order valence-corrected chi connectivity index (χ4v) is 2.32. The number of rotatable bonds is 7. The highest BCUT2D eigenvalue weighted by Crippen LogP contribution is 2.19. The molecule has 0 aliphatic rings. The second kappa shape index (κ2) is 9.03. The van der Waals surface area contributed by atoms with Crippen molar-refractivity contribution < 1.29 is 14.3 Å².